The van der Waals surface area contributed by atoms with Gasteiger partial charge in [0.15, 0.2) is 0 Å². The SMILES string of the molecule is CC1NC(=O)C(c2ccccc2)N(C(C)CS(C)=O)C1=O. The van der Waals surface area contributed by atoms with Crippen LogP contribution in [0.25, 0.3) is 0 Å². The smallest absolute Gasteiger partial charge is 0.248 e. The molecule has 0 radical (unpaired) electrons. The van der Waals surface area contributed by atoms with Gasteiger partial charge in [-0.25, -0.2) is 0 Å². The summed E-state index contributed by atoms with van der Waals surface area (Å²) < 4.78 is 11.5. The lowest BCUT2D eigenvalue weighted by atomic mass is 9.98. The Morgan fingerprint density at radius 2 is 1.90 bits per heavy atom. The fraction of sp³-hybridized carbons (Fsp3) is 0.467. The van der Waals surface area contributed by atoms with Gasteiger partial charge < -0.3 is 10.2 Å². The molecule has 0 spiro atoms. The van der Waals surface area contributed by atoms with Gasteiger partial charge in [0.2, 0.25) is 11.8 Å². The minimum absolute atomic E-state index is 0.138. The number of hydrogen-bond donors (Lipinski definition) is 1. The fourth-order valence-corrected chi connectivity index (χ4v) is 3.51. The second-order valence-electron chi connectivity index (χ2n) is 5.38. The van der Waals surface area contributed by atoms with E-state index in [1.54, 1.807) is 18.1 Å². The monoisotopic (exact) mass is 308 g/mol. The van der Waals surface area contributed by atoms with Crippen LogP contribution in [0.3, 0.4) is 0 Å². The van der Waals surface area contributed by atoms with Crippen molar-refractivity contribution < 1.29 is 13.8 Å². The van der Waals surface area contributed by atoms with Gasteiger partial charge in [-0.05, 0) is 19.4 Å². The van der Waals surface area contributed by atoms with Crippen molar-refractivity contribution >= 4 is 22.6 Å². The first kappa shape index (κ1) is 15.7. The molecule has 1 aliphatic rings. The average molecular weight is 308 g/mol. The quantitative estimate of drug-likeness (QED) is 0.896. The Morgan fingerprint density at radius 1 is 1.29 bits per heavy atom. The molecule has 0 bridgehead atoms. The third-order valence-corrected chi connectivity index (χ3v) is 4.53. The van der Waals surface area contributed by atoms with Gasteiger partial charge in [-0.2, -0.15) is 0 Å². The van der Waals surface area contributed by atoms with Crippen molar-refractivity contribution in [1.29, 1.82) is 0 Å². The second kappa shape index (κ2) is 6.39. The van der Waals surface area contributed by atoms with Crippen molar-refractivity contribution in [2.24, 2.45) is 0 Å². The molecule has 1 fully saturated rings. The van der Waals surface area contributed by atoms with Crippen LogP contribution in [0.5, 0.6) is 0 Å². The molecule has 1 saturated heterocycles. The van der Waals surface area contributed by atoms with Gasteiger partial charge in [0.1, 0.15) is 12.1 Å². The van der Waals surface area contributed by atoms with Crippen molar-refractivity contribution in [3.05, 3.63) is 35.9 Å². The van der Waals surface area contributed by atoms with Gasteiger partial charge in [0.25, 0.3) is 0 Å². The van der Waals surface area contributed by atoms with Crippen LogP contribution in [0.2, 0.25) is 0 Å². The van der Waals surface area contributed by atoms with Crippen molar-refractivity contribution in [2.75, 3.05) is 12.0 Å². The predicted octanol–water partition coefficient (Wildman–Crippen LogP) is 0.842. The molecule has 1 aromatic rings. The maximum Gasteiger partial charge on any atom is 0.248 e. The van der Waals surface area contributed by atoms with Crippen molar-refractivity contribution in [1.82, 2.24) is 10.2 Å². The lowest BCUT2D eigenvalue weighted by molar-refractivity contribution is -0.151. The van der Waals surface area contributed by atoms with E-state index in [0.717, 1.165) is 5.56 Å². The van der Waals surface area contributed by atoms with Crippen LogP contribution >= 0.6 is 0 Å². The standard InChI is InChI=1S/C15H20N2O3S/c1-10(9-21(3)20)17-13(12-7-5-4-6-8-12)14(18)16-11(2)15(17)19/h4-8,10-11,13H,9H2,1-3H3,(H,16,18). The molecule has 21 heavy (non-hydrogen) atoms. The highest BCUT2D eigenvalue weighted by molar-refractivity contribution is 7.84. The summed E-state index contributed by atoms with van der Waals surface area (Å²) in [6.07, 6.45) is 1.60. The molecule has 0 aliphatic carbocycles. The van der Waals surface area contributed by atoms with Crippen molar-refractivity contribution in [3.63, 3.8) is 0 Å². The van der Waals surface area contributed by atoms with E-state index < -0.39 is 22.9 Å². The van der Waals surface area contributed by atoms with Gasteiger partial charge in [0, 0.05) is 28.9 Å². The molecule has 1 N–H and O–H groups in total. The number of carbonyl (C=O) groups is 2. The number of piperazine rings is 1. The van der Waals surface area contributed by atoms with E-state index >= 15 is 0 Å². The molecule has 1 aliphatic heterocycles. The van der Waals surface area contributed by atoms with Gasteiger partial charge >= 0.3 is 0 Å². The number of benzene rings is 1. The van der Waals surface area contributed by atoms with E-state index in [1.807, 2.05) is 37.3 Å². The first-order valence-corrected chi connectivity index (χ1v) is 8.62. The van der Waals surface area contributed by atoms with Crippen LogP contribution in [-0.4, -0.2) is 45.0 Å². The van der Waals surface area contributed by atoms with E-state index in [4.69, 9.17) is 0 Å². The number of nitrogens with zero attached hydrogens (tertiary/aromatic N) is 1. The van der Waals surface area contributed by atoms with Gasteiger partial charge in [-0.1, -0.05) is 30.3 Å². The van der Waals surface area contributed by atoms with Crippen LogP contribution in [0.15, 0.2) is 30.3 Å². The molecule has 0 saturated carbocycles. The molecule has 4 unspecified atom stereocenters. The molecule has 5 nitrogen and oxygen atoms in total. The number of nitrogens with one attached hydrogen (secondary N) is 1. The van der Waals surface area contributed by atoms with Crippen molar-refractivity contribution in [3.8, 4) is 0 Å². The Kier molecular flexibility index (Phi) is 4.77. The first-order chi connectivity index (χ1) is 9.91. The zero-order valence-electron chi connectivity index (χ0n) is 12.4. The lowest BCUT2D eigenvalue weighted by Crippen LogP contribution is -2.61. The minimum atomic E-state index is -1.03. The summed E-state index contributed by atoms with van der Waals surface area (Å²) in [5, 5.41) is 2.71. The zero-order valence-corrected chi connectivity index (χ0v) is 13.2. The Bertz CT molecular complexity index is 561. The number of rotatable bonds is 4. The number of hydrogen-bond acceptors (Lipinski definition) is 3. The highest BCUT2D eigenvalue weighted by atomic mass is 32.2. The van der Waals surface area contributed by atoms with Gasteiger partial charge in [-0.3, -0.25) is 13.8 Å². The number of carbonyl (C=O) groups excluding carboxylic acids is 2. The molecule has 6 heteroatoms. The molecule has 2 rings (SSSR count). The Morgan fingerprint density at radius 3 is 2.48 bits per heavy atom. The fourth-order valence-electron chi connectivity index (χ4n) is 2.67. The average Bonchev–Trinajstić information content (AvgIpc) is 2.42. The van der Waals surface area contributed by atoms with Crippen LogP contribution in [0, 0.1) is 0 Å². The Balaban J connectivity index is 2.39. The molecular weight excluding hydrogens is 288 g/mol. The Labute approximate surface area is 127 Å². The van der Waals surface area contributed by atoms with Crippen LogP contribution in [0.4, 0.5) is 0 Å². The maximum atomic E-state index is 12.5. The third kappa shape index (κ3) is 3.32. The van der Waals surface area contributed by atoms with Gasteiger partial charge in [-0.15, -0.1) is 0 Å². The lowest BCUT2D eigenvalue weighted by Gasteiger charge is -2.41. The summed E-state index contributed by atoms with van der Waals surface area (Å²) in [6.45, 7) is 3.50. The van der Waals surface area contributed by atoms with E-state index in [2.05, 4.69) is 5.32 Å². The summed E-state index contributed by atoms with van der Waals surface area (Å²) in [7, 11) is -1.03. The molecular formula is C15H20N2O3S. The van der Waals surface area contributed by atoms with E-state index in [0.29, 0.717) is 5.75 Å². The normalized spacial score (nSPS) is 25.4. The van der Waals surface area contributed by atoms with Crippen molar-refractivity contribution in [2.45, 2.75) is 32.0 Å². The van der Waals surface area contributed by atoms with Crippen LogP contribution in [-0.2, 0) is 20.4 Å². The highest BCUT2D eigenvalue weighted by Crippen LogP contribution is 2.27. The maximum absolute atomic E-state index is 12.5. The molecule has 0 aromatic heterocycles. The molecule has 2 amide bonds. The number of amides is 2. The van der Waals surface area contributed by atoms with Crippen LogP contribution in [0.1, 0.15) is 25.5 Å². The molecule has 4 atom stereocenters. The second-order valence-corrected chi connectivity index (χ2v) is 6.86. The molecule has 114 valence electrons. The largest absolute Gasteiger partial charge is 0.342 e. The van der Waals surface area contributed by atoms with Gasteiger partial charge in [0.05, 0.1) is 0 Å². The molecule has 1 aromatic carbocycles. The zero-order chi connectivity index (χ0) is 15.6. The summed E-state index contributed by atoms with van der Waals surface area (Å²) in [5.41, 5.74) is 0.768. The highest BCUT2D eigenvalue weighted by Gasteiger charge is 2.41. The first-order valence-electron chi connectivity index (χ1n) is 6.89. The summed E-state index contributed by atoms with van der Waals surface area (Å²) in [6, 6.07) is 7.73. The summed E-state index contributed by atoms with van der Waals surface area (Å²) >= 11 is 0. The minimum Gasteiger partial charge on any atom is -0.342 e. The third-order valence-electron chi connectivity index (χ3n) is 3.58. The predicted molar refractivity (Wildman–Crippen MR) is 82.0 cm³/mol. The van der Waals surface area contributed by atoms with Crippen LogP contribution < -0.4 is 5.32 Å². The summed E-state index contributed by atoms with van der Waals surface area (Å²) in [5.74, 6) is 0.0261. The molecule has 1 heterocycles. The van der Waals surface area contributed by atoms with E-state index in [1.165, 1.54) is 0 Å². The summed E-state index contributed by atoms with van der Waals surface area (Å²) in [4.78, 5) is 26.4. The van der Waals surface area contributed by atoms with E-state index in [-0.39, 0.29) is 17.9 Å². The topological polar surface area (TPSA) is 66.5 Å². The van der Waals surface area contributed by atoms with E-state index in [9.17, 15) is 13.8 Å². The Hall–Kier alpha value is -1.69.